The van der Waals surface area contributed by atoms with Crippen LogP contribution in [-0.4, -0.2) is 44.0 Å². The maximum Gasteiger partial charge on any atom is 0.338 e. The summed E-state index contributed by atoms with van der Waals surface area (Å²) in [4.78, 5) is 46.8. The molecule has 0 saturated carbocycles. The number of anilines is 1. The normalized spacial score (nSPS) is 20.4. The van der Waals surface area contributed by atoms with E-state index in [1.807, 2.05) is 0 Å². The maximum atomic E-state index is 14.5. The fourth-order valence-corrected chi connectivity index (χ4v) is 5.66. The smallest absolute Gasteiger partial charge is 0.338 e. The third kappa shape index (κ3) is 4.82. The molecule has 0 saturated heterocycles. The number of Topliss-reactive ketones (excluding diaryl/α,β-unsaturated/α-hetero) is 1. The minimum atomic E-state index is -1.21. The number of methoxy groups -OCH3 is 3. The molecule has 41 heavy (non-hydrogen) atoms. The molecule has 2 aliphatic rings. The monoisotopic (exact) mass is 557 g/mol. The molecule has 10 heteroatoms. The van der Waals surface area contributed by atoms with Crippen molar-refractivity contribution in [1.29, 1.82) is 0 Å². The molecule has 0 bridgehead atoms. The first kappa shape index (κ1) is 27.6. The first-order valence-electron chi connectivity index (χ1n) is 12.8. The van der Waals surface area contributed by atoms with E-state index in [9.17, 15) is 18.8 Å². The Labute approximate surface area is 236 Å². The third-order valence-electron chi connectivity index (χ3n) is 7.55. The lowest BCUT2D eigenvalue weighted by Crippen LogP contribution is -2.46. The van der Waals surface area contributed by atoms with Crippen LogP contribution in [0.15, 0.2) is 95.7 Å². The molecule has 2 N–H and O–H groups in total. The molecule has 2 aromatic carbocycles. The summed E-state index contributed by atoms with van der Waals surface area (Å²) in [6.45, 7) is 0. The van der Waals surface area contributed by atoms with Gasteiger partial charge in [-0.15, -0.1) is 0 Å². The van der Waals surface area contributed by atoms with Gasteiger partial charge in [0, 0.05) is 35.3 Å². The Morgan fingerprint density at radius 3 is 2.27 bits per heavy atom. The zero-order chi connectivity index (χ0) is 29.3. The van der Waals surface area contributed by atoms with Gasteiger partial charge in [0.05, 0.1) is 32.8 Å². The van der Waals surface area contributed by atoms with Crippen LogP contribution in [-0.2, 0) is 23.9 Å². The number of ketones is 1. The van der Waals surface area contributed by atoms with Crippen molar-refractivity contribution in [3.05, 3.63) is 113 Å². The molecule has 1 aliphatic heterocycles. The molecule has 0 spiro atoms. The van der Waals surface area contributed by atoms with Crippen molar-refractivity contribution in [3.8, 4) is 5.75 Å². The Morgan fingerprint density at radius 2 is 1.68 bits per heavy atom. The van der Waals surface area contributed by atoms with Gasteiger partial charge in [0.25, 0.3) is 0 Å². The zero-order valence-electron chi connectivity index (χ0n) is 22.7. The van der Waals surface area contributed by atoms with Crippen LogP contribution in [0.3, 0.4) is 0 Å². The van der Waals surface area contributed by atoms with Crippen LogP contribution in [0.4, 0.5) is 10.1 Å². The van der Waals surface area contributed by atoms with E-state index in [1.54, 1.807) is 54.6 Å². The summed E-state index contributed by atoms with van der Waals surface area (Å²) < 4.78 is 29.5. The second-order valence-electron chi connectivity index (χ2n) is 9.63. The molecule has 0 unspecified atom stereocenters. The van der Waals surface area contributed by atoms with Gasteiger partial charge in [-0.3, -0.25) is 19.5 Å². The summed E-state index contributed by atoms with van der Waals surface area (Å²) >= 11 is 0. The van der Waals surface area contributed by atoms with Crippen molar-refractivity contribution < 1.29 is 33.0 Å². The first-order chi connectivity index (χ1) is 19.8. The van der Waals surface area contributed by atoms with Gasteiger partial charge in [-0.2, -0.15) is 0 Å². The molecule has 210 valence electrons. The van der Waals surface area contributed by atoms with E-state index < -0.39 is 41.3 Å². The lowest BCUT2D eigenvalue weighted by atomic mass is 9.67. The van der Waals surface area contributed by atoms with Gasteiger partial charge >= 0.3 is 11.9 Å². The molecule has 0 radical (unpaired) electrons. The van der Waals surface area contributed by atoms with Crippen LogP contribution in [0.25, 0.3) is 0 Å². The molecule has 0 fully saturated rings. The number of halogens is 1. The van der Waals surface area contributed by atoms with Gasteiger partial charge in [0.15, 0.2) is 5.78 Å². The Morgan fingerprint density at radius 1 is 0.976 bits per heavy atom. The number of nitrogens with two attached hydrogens (primary N) is 1. The van der Waals surface area contributed by atoms with Gasteiger partial charge < -0.3 is 19.9 Å². The lowest BCUT2D eigenvalue weighted by Gasteiger charge is -2.44. The fraction of sp³-hybridized carbons (Fsp3) is 0.226. The number of allylic oxidation sites excluding steroid dienone is 2. The fourth-order valence-electron chi connectivity index (χ4n) is 5.66. The quantitative estimate of drug-likeness (QED) is 0.354. The van der Waals surface area contributed by atoms with E-state index in [0.29, 0.717) is 28.3 Å². The standard InChI is InChI=1S/C31H28FN3O6/c1-39-21-12-6-17(7-13-21)22-15-23-26(28(36)25(22)30(37)40-2)24(18-5-4-14-34-16-18)27(31(38)41-3)29(33)35(23)20-10-8-19(32)9-11-20/h4-14,16,22,24-25H,15,33H2,1-3H3/t22-,24+,25+/m0/s1. The van der Waals surface area contributed by atoms with Crippen LogP contribution < -0.4 is 15.4 Å². The molecule has 1 aliphatic carbocycles. The average molecular weight is 558 g/mol. The van der Waals surface area contributed by atoms with E-state index >= 15 is 0 Å². The molecular weight excluding hydrogens is 529 g/mol. The highest BCUT2D eigenvalue weighted by Gasteiger charge is 2.51. The van der Waals surface area contributed by atoms with Gasteiger partial charge in [0.1, 0.15) is 23.3 Å². The number of benzene rings is 2. The van der Waals surface area contributed by atoms with E-state index in [0.717, 1.165) is 0 Å². The zero-order valence-corrected chi connectivity index (χ0v) is 22.7. The summed E-state index contributed by atoms with van der Waals surface area (Å²) in [6.07, 6.45) is 3.28. The van der Waals surface area contributed by atoms with Crippen molar-refractivity contribution >= 4 is 23.4 Å². The number of rotatable bonds is 6. The predicted octanol–water partition coefficient (Wildman–Crippen LogP) is 3.98. The molecular formula is C31H28FN3O6. The molecule has 5 rings (SSSR count). The Kier molecular flexibility index (Phi) is 7.56. The van der Waals surface area contributed by atoms with Crippen LogP contribution >= 0.6 is 0 Å². The number of carbonyl (C=O) groups excluding carboxylic acids is 3. The topological polar surface area (TPSA) is 121 Å². The van der Waals surface area contributed by atoms with Crippen molar-refractivity contribution in [2.24, 2.45) is 11.7 Å². The minimum absolute atomic E-state index is 0.00318. The predicted molar refractivity (Wildman–Crippen MR) is 147 cm³/mol. The summed E-state index contributed by atoms with van der Waals surface area (Å²) in [6, 6.07) is 16.0. The Bertz CT molecular complexity index is 1550. The first-order valence-corrected chi connectivity index (χ1v) is 12.8. The molecule has 3 atom stereocenters. The molecule has 9 nitrogen and oxygen atoms in total. The molecule has 3 aromatic rings. The molecule has 1 aromatic heterocycles. The van der Waals surface area contributed by atoms with Crippen molar-refractivity contribution in [2.75, 3.05) is 26.2 Å². The lowest BCUT2D eigenvalue weighted by molar-refractivity contribution is -0.150. The SMILES string of the molecule is COC(=O)C1=C(N)N(c2ccc(F)cc2)C2=C(C(=O)[C@H](C(=O)OC)[C@H](c3ccc(OC)cc3)C2)[C@H]1c1cccnc1. The van der Waals surface area contributed by atoms with E-state index in [-0.39, 0.29) is 23.4 Å². The number of aromatic nitrogens is 1. The number of pyridine rings is 1. The van der Waals surface area contributed by atoms with E-state index in [4.69, 9.17) is 19.9 Å². The number of hydrogen-bond donors (Lipinski definition) is 1. The van der Waals surface area contributed by atoms with Crippen LogP contribution in [0.5, 0.6) is 5.75 Å². The Balaban J connectivity index is 1.80. The van der Waals surface area contributed by atoms with E-state index in [2.05, 4.69) is 4.98 Å². The number of hydrogen-bond acceptors (Lipinski definition) is 9. The third-order valence-corrected chi connectivity index (χ3v) is 7.55. The maximum absolute atomic E-state index is 14.5. The van der Waals surface area contributed by atoms with Crippen molar-refractivity contribution in [1.82, 2.24) is 4.98 Å². The summed E-state index contributed by atoms with van der Waals surface area (Å²) in [7, 11) is 3.99. The van der Waals surface area contributed by atoms with Crippen molar-refractivity contribution in [3.63, 3.8) is 0 Å². The van der Waals surface area contributed by atoms with Crippen LogP contribution in [0.2, 0.25) is 0 Å². The van der Waals surface area contributed by atoms with E-state index in [1.165, 1.54) is 44.7 Å². The highest BCUT2D eigenvalue weighted by Crippen LogP contribution is 2.51. The van der Waals surface area contributed by atoms with Crippen LogP contribution in [0, 0.1) is 11.7 Å². The minimum Gasteiger partial charge on any atom is -0.497 e. The highest BCUT2D eigenvalue weighted by molar-refractivity contribution is 6.14. The van der Waals surface area contributed by atoms with Gasteiger partial charge in [-0.1, -0.05) is 18.2 Å². The highest BCUT2D eigenvalue weighted by atomic mass is 19.1. The second kappa shape index (κ2) is 11.2. The van der Waals surface area contributed by atoms with Gasteiger partial charge in [-0.05, 0) is 60.0 Å². The number of ether oxygens (including phenoxy) is 3. The second-order valence-corrected chi connectivity index (χ2v) is 9.63. The van der Waals surface area contributed by atoms with Gasteiger partial charge in [0.2, 0.25) is 0 Å². The average Bonchev–Trinajstić information content (AvgIpc) is 3.00. The van der Waals surface area contributed by atoms with Crippen molar-refractivity contribution in [2.45, 2.75) is 18.3 Å². The largest absolute Gasteiger partial charge is 0.497 e. The number of nitrogens with zero attached hydrogens (tertiary/aromatic N) is 2. The summed E-state index contributed by atoms with van der Waals surface area (Å²) in [5.41, 5.74) is 9.05. The summed E-state index contributed by atoms with van der Waals surface area (Å²) in [5.74, 6) is -4.63. The molecule has 2 heterocycles. The van der Waals surface area contributed by atoms with Crippen LogP contribution in [0.1, 0.15) is 29.4 Å². The van der Waals surface area contributed by atoms with Gasteiger partial charge in [-0.25, -0.2) is 9.18 Å². The molecule has 0 amide bonds. The number of carbonyl (C=O) groups is 3. The summed E-state index contributed by atoms with van der Waals surface area (Å²) in [5, 5.41) is 0. The Hall–Kier alpha value is -4.99. The number of esters is 2.